The Bertz CT molecular complexity index is 4230. The van der Waals surface area contributed by atoms with E-state index in [2.05, 4.69) is 213 Å². The topological polar surface area (TPSA) is 56.7 Å². The van der Waals surface area contributed by atoms with Crippen molar-refractivity contribution >= 4 is 44.4 Å². The van der Waals surface area contributed by atoms with Gasteiger partial charge in [-0.15, -0.1) is 0 Å². The molecule has 3 aromatic heterocycles. The second kappa shape index (κ2) is 17.1. The van der Waals surface area contributed by atoms with Crippen LogP contribution in [0.2, 0.25) is 0 Å². The fourth-order valence-electron chi connectivity index (χ4n) is 12.2. The maximum absolute atomic E-state index is 6.54. The third-order valence-electron chi connectivity index (χ3n) is 15.8. The summed E-state index contributed by atoms with van der Waals surface area (Å²) in [6, 6.07) is 76.7. The highest BCUT2D eigenvalue weighted by Crippen LogP contribution is 2.61. The van der Waals surface area contributed by atoms with Crippen LogP contribution in [0.15, 0.2) is 217 Å². The first-order valence-corrected chi connectivity index (χ1v) is 26.1. The second-order valence-electron chi connectivity index (χ2n) is 20.3. The molecule has 5 nitrogen and oxygen atoms in total. The Kier molecular flexibility index (Phi) is 10.1. The van der Waals surface area contributed by atoms with Gasteiger partial charge in [-0.05, 0) is 122 Å². The van der Waals surface area contributed by atoms with Crippen LogP contribution in [0, 0.1) is 5.92 Å². The summed E-state index contributed by atoms with van der Waals surface area (Å²) < 4.78 is 8.82. The van der Waals surface area contributed by atoms with Crippen LogP contribution in [-0.4, -0.2) is 19.5 Å². The lowest BCUT2D eigenvalue weighted by atomic mass is 9.82. The molecule has 3 aliphatic rings. The van der Waals surface area contributed by atoms with Gasteiger partial charge in [-0.1, -0.05) is 204 Å². The van der Waals surface area contributed by atoms with Crippen LogP contribution >= 0.6 is 0 Å². The first kappa shape index (κ1) is 43.8. The average molecular weight is 953 g/mol. The van der Waals surface area contributed by atoms with Gasteiger partial charge >= 0.3 is 0 Å². The van der Waals surface area contributed by atoms with Gasteiger partial charge in [0.25, 0.3) is 0 Å². The Balaban J connectivity index is 0.00000249. The molecule has 3 heterocycles. The van der Waals surface area contributed by atoms with Gasteiger partial charge in [-0.2, -0.15) is 9.97 Å². The average Bonchev–Trinajstić information content (AvgIpc) is 4.04. The van der Waals surface area contributed by atoms with E-state index in [4.69, 9.17) is 19.4 Å². The predicted molar refractivity (Wildman–Crippen MR) is 305 cm³/mol. The molecule has 15 rings (SSSR count). The molecule has 1 saturated carbocycles. The number of furan rings is 1. The quantitative estimate of drug-likeness (QED) is 0.160. The number of hydrogen-bond donors (Lipinski definition) is 0. The third kappa shape index (κ3) is 6.94. The van der Waals surface area contributed by atoms with E-state index in [-0.39, 0.29) is 5.41 Å². The lowest BCUT2D eigenvalue weighted by Crippen LogP contribution is -2.14. The number of hydrogen-bond acceptors (Lipinski definition) is 4. The van der Waals surface area contributed by atoms with E-state index in [0.29, 0.717) is 29.4 Å². The van der Waals surface area contributed by atoms with Gasteiger partial charge < -0.3 is 4.42 Å². The third-order valence-corrected chi connectivity index (χ3v) is 15.8. The predicted octanol–water partition coefficient (Wildman–Crippen LogP) is 18.0. The fourth-order valence-corrected chi connectivity index (χ4v) is 12.2. The number of rotatable bonds is 7. The molecular formula is C69H52N4O. The van der Waals surface area contributed by atoms with Crippen molar-refractivity contribution in [1.29, 1.82) is 0 Å². The van der Waals surface area contributed by atoms with Gasteiger partial charge in [0.1, 0.15) is 11.3 Å². The zero-order valence-electron chi connectivity index (χ0n) is 41.8. The van der Waals surface area contributed by atoms with Gasteiger partial charge in [0.05, 0.1) is 11.0 Å². The summed E-state index contributed by atoms with van der Waals surface area (Å²) >= 11 is 0. The number of allylic oxidation sites excluding steroid dienone is 1. The normalized spacial score (nSPS) is 15.7. The highest BCUT2D eigenvalue weighted by Gasteiger charge is 2.48. The first-order valence-electron chi connectivity index (χ1n) is 26.1. The van der Waals surface area contributed by atoms with Crippen molar-refractivity contribution in [3.63, 3.8) is 0 Å². The molecule has 0 bridgehead atoms. The SMILES string of the molecule is CC.CC1(C)c2ccccc2-c2cc(-c3cccc(-c4cccc(-c5cccc6c7cc(-c8ccccc8)ccc7n(-c7nc(C8=Cc9oc%10ccccc%10c9C9CC89)nc(-c8ccccc8)n7)c56)c4)c3)ccc21. The smallest absolute Gasteiger partial charge is 0.238 e. The molecule has 5 heteroatoms. The van der Waals surface area contributed by atoms with Crippen molar-refractivity contribution < 1.29 is 4.42 Å². The first-order chi connectivity index (χ1) is 36.4. The van der Waals surface area contributed by atoms with E-state index in [9.17, 15) is 0 Å². The van der Waals surface area contributed by atoms with E-state index in [1.165, 1.54) is 49.9 Å². The molecule has 0 N–H and O–H groups in total. The second-order valence-corrected chi connectivity index (χ2v) is 20.3. The van der Waals surface area contributed by atoms with Crippen LogP contribution in [0.4, 0.5) is 0 Å². The maximum Gasteiger partial charge on any atom is 0.238 e. The van der Waals surface area contributed by atoms with Crippen molar-refractivity contribution in [3.8, 4) is 73.0 Å². The van der Waals surface area contributed by atoms with E-state index < -0.39 is 0 Å². The molecule has 0 saturated heterocycles. The summed E-state index contributed by atoms with van der Waals surface area (Å²) in [6.45, 7) is 8.68. The van der Waals surface area contributed by atoms with Gasteiger partial charge in [0.2, 0.25) is 5.95 Å². The van der Waals surface area contributed by atoms with Crippen LogP contribution in [0.1, 0.15) is 68.3 Å². The number of fused-ring (bicyclic) bond motifs is 11. The molecule has 354 valence electrons. The van der Waals surface area contributed by atoms with Crippen molar-refractivity contribution in [1.82, 2.24) is 19.5 Å². The molecule has 9 aromatic carbocycles. The van der Waals surface area contributed by atoms with E-state index in [1.807, 2.05) is 38.1 Å². The molecule has 1 fully saturated rings. The van der Waals surface area contributed by atoms with Crippen LogP contribution in [0.25, 0.3) is 117 Å². The van der Waals surface area contributed by atoms with Gasteiger partial charge in [0, 0.05) is 43.8 Å². The highest BCUT2D eigenvalue weighted by atomic mass is 16.3. The molecule has 2 atom stereocenters. The van der Waals surface area contributed by atoms with Crippen LogP contribution in [0.3, 0.4) is 0 Å². The van der Waals surface area contributed by atoms with Crippen molar-refractivity contribution in [2.45, 2.75) is 45.4 Å². The summed E-state index contributed by atoms with van der Waals surface area (Å²) in [5.41, 5.74) is 21.0. The summed E-state index contributed by atoms with van der Waals surface area (Å²) in [5.74, 6) is 3.48. The monoisotopic (exact) mass is 952 g/mol. The molecule has 0 aliphatic heterocycles. The molecule has 2 unspecified atom stereocenters. The molecule has 12 aromatic rings. The summed E-state index contributed by atoms with van der Waals surface area (Å²) in [5, 5.41) is 3.46. The summed E-state index contributed by atoms with van der Waals surface area (Å²) in [4.78, 5) is 16.2. The van der Waals surface area contributed by atoms with E-state index in [0.717, 1.165) is 78.5 Å². The van der Waals surface area contributed by atoms with Crippen molar-refractivity contribution in [2.75, 3.05) is 0 Å². The lowest BCUT2D eigenvalue weighted by molar-refractivity contribution is 0.596. The zero-order chi connectivity index (χ0) is 49.7. The van der Waals surface area contributed by atoms with Crippen molar-refractivity contribution in [2.24, 2.45) is 5.92 Å². The highest BCUT2D eigenvalue weighted by molar-refractivity contribution is 6.14. The number of benzene rings is 9. The van der Waals surface area contributed by atoms with Crippen LogP contribution in [0.5, 0.6) is 0 Å². The van der Waals surface area contributed by atoms with Crippen LogP contribution in [-0.2, 0) is 5.41 Å². The Hall–Kier alpha value is -8.93. The Morgan fingerprint density at radius 3 is 1.82 bits per heavy atom. The minimum Gasteiger partial charge on any atom is -0.456 e. The maximum atomic E-state index is 6.54. The number of para-hydroxylation sites is 2. The molecule has 0 spiro atoms. The van der Waals surface area contributed by atoms with Gasteiger partial charge in [-0.3, -0.25) is 4.57 Å². The molecule has 0 amide bonds. The largest absolute Gasteiger partial charge is 0.456 e. The summed E-state index contributed by atoms with van der Waals surface area (Å²) in [7, 11) is 0. The van der Waals surface area contributed by atoms with Crippen molar-refractivity contribution in [3.05, 3.63) is 241 Å². The van der Waals surface area contributed by atoms with Gasteiger partial charge in [-0.25, -0.2) is 4.98 Å². The summed E-state index contributed by atoms with van der Waals surface area (Å²) in [6.07, 6.45) is 3.23. The van der Waals surface area contributed by atoms with Gasteiger partial charge in [0.15, 0.2) is 11.6 Å². The fraction of sp³-hybridized carbons (Fsp3) is 0.116. The molecule has 3 aliphatic carbocycles. The Labute approximate surface area is 431 Å². The Morgan fingerprint density at radius 1 is 0.446 bits per heavy atom. The minimum atomic E-state index is -0.0322. The lowest BCUT2D eigenvalue weighted by Gasteiger charge is -2.21. The molecule has 0 radical (unpaired) electrons. The van der Waals surface area contributed by atoms with E-state index in [1.54, 1.807) is 0 Å². The standard InChI is InChI=1S/C67H46N4O.C2H6/c1-67(2)57-28-11-9-24-49(57)53-36-46(30-32-58(53)67)43-21-13-20-42(34-43)44-22-14-23-47(35-44)48-26-15-27-50-54-37-45(40-16-5-3-6-17-40)31-33-59(54)71(63(48)50)66-69-64(41-18-7-4-8-19-41)68-65(70-66)56-39-61-62(55-38-52(55)56)51-25-10-12-29-60(51)72-61;1-2/h3-37,39,52,55H,38H2,1-2H3;1-2H3. The number of aromatic nitrogens is 4. The molecular weight excluding hydrogens is 901 g/mol. The number of nitrogens with zero attached hydrogens (tertiary/aromatic N) is 4. The Morgan fingerprint density at radius 2 is 1.03 bits per heavy atom. The molecule has 74 heavy (non-hydrogen) atoms. The van der Waals surface area contributed by atoms with Crippen LogP contribution < -0.4 is 0 Å². The van der Waals surface area contributed by atoms with E-state index >= 15 is 0 Å². The minimum absolute atomic E-state index is 0.0322. The zero-order valence-corrected chi connectivity index (χ0v) is 41.8.